The molecule has 0 spiro atoms. The lowest BCUT2D eigenvalue weighted by Gasteiger charge is -2.06. The lowest BCUT2D eigenvalue weighted by atomic mass is 10.1. The molecule has 3 heteroatoms. The summed E-state index contributed by atoms with van der Waals surface area (Å²) in [5.74, 6) is -0.146. The van der Waals surface area contributed by atoms with Crippen LogP contribution in [0.3, 0.4) is 0 Å². The Balaban J connectivity index is 3.02. The van der Waals surface area contributed by atoms with Gasteiger partial charge in [-0.05, 0) is 31.4 Å². The average molecular weight is 185 g/mol. The van der Waals surface area contributed by atoms with Crippen molar-refractivity contribution in [1.82, 2.24) is 0 Å². The number of hydrogen-bond donors (Lipinski definition) is 1. The molecule has 0 saturated carbocycles. The van der Waals surface area contributed by atoms with Crippen LogP contribution in [0.5, 0.6) is 0 Å². The molecule has 1 rings (SSSR count). The highest BCUT2D eigenvalue weighted by atomic mass is 32.2. The Morgan fingerprint density at radius 1 is 1.50 bits per heavy atom. The molecule has 0 unspecified atom stereocenters. The van der Waals surface area contributed by atoms with Crippen LogP contribution in [0.1, 0.15) is 5.56 Å². The van der Waals surface area contributed by atoms with Crippen LogP contribution in [0, 0.1) is 5.82 Å². The first kappa shape index (κ1) is 9.55. The quantitative estimate of drug-likeness (QED) is 0.729. The number of hydrogen-bond acceptors (Lipinski definition) is 2. The van der Waals surface area contributed by atoms with Gasteiger partial charge in [-0.15, -0.1) is 11.8 Å². The molecule has 0 aromatic heterocycles. The summed E-state index contributed by atoms with van der Waals surface area (Å²) in [6.07, 6.45) is 2.55. The fourth-order valence-corrected chi connectivity index (χ4v) is 1.78. The normalized spacial score (nSPS) is 10.2. The van der Waals surface area contributed by atoms with Gasteiger partial charge in [-0.1, -0.05) is 6.07 Å². The van der Waals surface area contributed by atoms with E-state index in [2.05, 4.69) is 0 Å². The van der Waals surface area contributed by atoms with E-state index in [1.807, 2.05) is 12.3 Å². The van der Waals surface area contributed by atoms with Crippen LogP contribution in [-0.2, 0) is 6.42 Å². The highest BCUT2D eigenvalue weighted by Gasteiger charge is 2.05. The summed E-state index contributed by atoms with van der Waals surface area (Å²) < 4.78 is 13.2. The van der Waals surface area contributed by atoms with Crippen LogP contribution in [0.4, 0.5) is 4.39 Å². The third kappa shape index (κ3) is 1.99. The third-order valence-electron chi connectivity index (χ3n) is 1.69. The monoisotopic (exact) mass is 185 g/mol. The Kier molecular flexibility index (Phi) is 3.56. The van der Waals surface area contributed by atoms with E-state index < -0.39 is 0 Å². The van der Waals surface area contributed by atoms with Gasteiger partial charge in [0.05, 0.1) is 0 Å². The summed E-state index contributed by atoms with van der Waals surface area (Å²) in [5.41, 5.74) is 6.12. The van der Waals surface area contributed by atoms with E-state index in [9.17, 15) is 4.39 Å². The number of halogens is 1. The second-order valence-corrected chi connectivity index (χ2v) is 3.31. The molecule has 0 amide bonds. The molecule has 12 heavy (non-hydrogen) atoms. The molecule has 0 fully saturated rings. The maximum Gasteiger partial charge on any atom is 0.127 e. The third-order valence-corrected chi connectivity index (χ3v) is 2.51. The molecule has 1 nitrogen and oxygen atoms in total. The van der Waals surface area contributed by atoms with Gasteiger partial charge < -0.3 is 5.73 Å². The minimum atomic E-state index is -0.146. The Labute approximate surface area is 76.2 Å². The standard InChI is InChI=1S/C9H12FNS/c1-12-9-4-2-3-8(10)7(9)5-6-11/h2-4H,5-6,11H2,1H3. The van der Waals surface area contributed by atoms with Crippen LogP contribution >= 0.6 is 11.8 Å². The smallest absolute Gasteiger partial charge is 0.127 e. The second kappa shape index (κ2) is 4.48. The van der Waals surface area contributed by atoms with Gasteiger partial charge in [-0.2, -0.15) is 0 Å². The summed E-state index contributed by atoms with van der Waals surface area (Å²) >= 11 is 1.55. The zero-order valence-corrected chi connectivity index (χ0v) is 7.83. The zero-order valence-electron chi connectivity index (χ0n) is 7.01. The van der Waals surface area contributed by atoms with Crippen molar-refractivity contribution in [2.24, 2.45) is 5.73 Å². The van der Waals surface area contributed by atoms with Gasteiger partial charge in [0.15, 0.2) is 0 Å². The molecule has 1 aromatic rings. The number of benzene rings is 1. The van der Waals surface area contributed by atoms with Crippen LogP contribution in [0.25, 0.3) is 0 Å². The molecule has 0 aliphatic heterocycles. The Morgan fingerprint density at radius 2 is 2.25 bits per heavy atom. The second-order valence-electron chi connectivity index (χ2n) is 2.46. The lowest BCUT2D eigenvalue weighted by Crippen LogP contribution is -2.05. The minimum Gasteiger partial charge on any atom is -0.330 e. The van der Waals surface area contributed by atoms with Crippen molar-refractivity contribution >= 4 is 11.8 Å². The summed E-state index contributed by atoms with van der Waals surface area (Å²) in [4.78, 5) is 0.987. The predicted molar refractivity (Wildman–Crippen MR) is 50.9 cm³/mol. The average Bonchev–Trinajstić information content (AvgIpc) is 2.09. The summed E-state index contributed by atoms with van der Waals surface area (Å²) in [6, 6.07) is 5.12. The molecular weight excluding hydrogens is 173 g/mol. The molecular formula is C9H12FNS. The summed E-state index contributed by atoms with van der Waals surface area (Å²) in [6.45, 7) is 0.495. The van der Waals surface area contributed by atoms with E-state index in [1.165, 1.54) is 6.07 Å². The van der Waals surface area contributed by atoms with Gasteiger partial charge in [-0.3, -0.25) is 0 Å². The summed E-state index contributed by atoms with van der Waals surface area (Å²) in [7, 11) is 0. The van der Waals surface area contributed by atoms with Gasteiger partial charge >= 0.3 is 0 Å². The Bertz CT molecular complexity index is 263. The van der Waals surface area contributed by atoms with Gasteiger partial charge in [0.2, 0.25) is 0 Å². The molecule has 0 atom stereocenters. The summed E-state index contributed by atoms with van der Waals surface area (Å²) in [5, 5.41) is 0. The maximum absolute atomic E-state index is 13.2. The van der Waals surface area contributed by atoms with Crippen molar-refractivity contribution in [3.8, 4) is 0 Å². The van der Waals surface area contributed by atoms with Crippen LogP contribution < -0.4 is 5.73 Å². The van der Waals surface area contributed by atoms with E-state index in [0.717, 1.165) is 10.5 Å². The first-order valence-electron chi connectivity index (χ1n) is 3.81. The fourth-order valence-electron chi connectivity index (χ4n) is 1.12. The minimum absolute atomic E-state index is 0.146. The first-order valence-corrected chi connectivity index (χ1v) is 5.03. The van der Waals surface area contributed by atoms with E-state index >= 15 is 0 Å². The van der Waals surface area contributed by atoms with Crippen molar-refractivity contribution < 1.29 is 4.39 Å². The molecule has 1 aromatic carbocycles. The van der Waals surface area contributed by atoms with E-state index in [-0.39, 0.29) is 5.82 Å². The largest absolute Gasteiger partial charge is 0.330 e. The number of nitrogens with two attached hydrogens (primary N) is 1. The topological polar surface area (TPSA) is 26.0 Å². The number of thioether (sulfide) groups is 1. The van der Waals surface area contributed by atoms with Crippen LogP contribution in [0.15, 0.2) is 23.1 Å². The van der Waals surface area contributed by atoms with Crippen molar-refractivity contribution in [2.45, 2.75) is 11.3 Å². The molecule has 66 valence electrons. The van der Waals surface area contributed by atoms with Crippen molar-refractivity contribution in [3.05, 3.63) is 29.6 Å². The molecule has 0 aliphatic carbocycles. The SMILES string of the molecule is CSc1cccc(F)c1CCN. The predicted octanol–water partition coefficient (Wildman–Crippen LogP) is 2.05. The molecule has 0 radical (unpaired) electrons. The molecule has 0 bridgehead atoms. The van der Waals surface area contributed by atoms with Crippen molar-refractivity contribution in [3.63, 3.8) is 0 Å². The van der Waals surface area contributed by atoms with Gasteiger partial charge in [0, 0.05) is 10.5 Å². The van der Waals surface area contributed by atoms with Gasteiger partial charge in [0.1, 0.15) is 5.82 Å². The lowest BCUT2D eigenvalue weighted by molar-refractivity contribution is 0.603. The fraction of sp³-hybridized carbons (Fsp3) is 0.333. The van der Waals surface area contributed by atoms with E-state index in [0.29, 0.717) is 13.0 Å². The maximum atomic E-state index is 13.2. The van der Waals surface area contributed by atoms with Gasteiger partial charge in [0.25, 0.3) is 0 Å². The van der Waals surface area contributed by atoms with Crippen LogP contribution in [-0.4, -0.2) is 12.8 Å². The first-order chi connectivity index (χ1) is 5.79. The van der Waals surface area contributed by atoms with Crippen LogP contribution in [0.2, 0.25) is 0 Å². The van der Waals surface area contributed by atoms with Gasteiger partial charge in [-0.25, -0.2) is 4.39 Å². The van der Waals surface area contributed by atoms with Crippen molar-refractivity contribution in [2.75, 3.05) is 12.8 Å². The molecule has 2 N–H and O–H groups in total. The van der Waals surface area contributed by atoms with E-state index in [4.69, 9.17) is 5.73 Å². The Morgan fingerprint density at radius 3 is 2.83 bits per heavy atom. The molecule has 0 aliphatic rings. The Hall–Kier alpha value is -0.540. The van der Waals surface area contributed by atoms with E-state index in [1.54, 1.807) is 17.8 Å². The highest BCUT2D eigenvalue weighted by Crippen LogP contribution is 2.22. The van der Waals surface area contributed by atoms with Crippen molar-refractivity contribution in [1.29, 1.82) is 0 Å². The number of rotatable bonds is 3. The molecule has 0 heterocycles. The molecule has 0 saturated heterocycles. The zero-order chi connectivity index (χ0) is 8.97. The highest BCUT2D eigenvalue weighted by molar-refractivity contribution is 7.98.